The standard InChI is InChI=1S/C19H25N5O3/c1-12-9-17(22-27-12)21-19(26)18(25)20-11-16(23(2)3)13-5-6-15-14(10-13)7-8-24(15)4/h5-6,9-10,16H,7-8,11H2,1-4H3,(H,20,25)(H,21,22,26)/t16-/m1/s1. The van der Waals surface area contributed by atoms with Gasteiger partial charge in [-0.15, -0.1) is 0 Å². The number of aryl methyl sites for hydroxylation is 1. The minimum absolute atomic E-state index is 0.0350. The lowest BCUT2D eigenvalue weighted by molar-refractivity contribution is -0.136. The number of amides is 2. The second-order valence-corrected chi connectivity index (χ2v) is 7.03. The average molecular weight is 371 g/mol. The molecule has 0 unspecified atom stereocenters. The Bertz CT molecular complexity index is 846. The summed E-state index contributed by atoms with van der Waals surface area (Å²) < 4.78 is 4.87. The van der Waals surface area contributed by atoms with Gasteiger partial charge in [0.15, 0.2) is 5.82 Å². The van der Waals surface area contributed by atoms with E-state index in [-0.39, 0.29) is 11.9 Å². The molecule has 1 aliphatic heterocycles. The molecule has 1 aromatic carbocycles. The zero-order chi connectivity index (χ0) is 19.6. The maximum absolute atomic E-state index is 12.1. The molecule has 0 bridgehead atoms. The van der Waals surface area contributed by atoms with E-state index in [0.717, 1.165) is 18.5 Å². The van der Waals surface area contributed by atoms with Gasteiger partial charge in [-0.2, -0.15) is 0 Å². The third-order valence-electron chi connectivity index (χ3n) is 4.77. The van der Waals surface area contributed by atoms with E-state index >= 15 is 0 Å². The molecule has 1 aliphatic rings. The topological polar surface area (TPSA) is 90.7 Å². The predicted octanol–water partition coefficient (Wildman–Crippen LogP) is 1.33. The smallest absolute Gasteiger partial charge is 0.314 e. The monoisotopic (exact) mass is 371 g/mol. The minimum atomic E-state index is -0.767. The molecular weight excluding hydrogens is 346 g/mol. The number of hydrogen-bond donors (Lipinski definition) is 2. The molecule has 1 atom stereocenters. The predicted molar refractivity (Wildman–Crippen MR) is 103 cm³/mol. The van der Waals surface area contributed by atoms with Gasteiger partial charge in [-0.05, 0) is 44.6 Å². The summed E-state index contributed by atoms with van der Waals surface area (Å²) in [5, 5.41) is 8.77. The van der Waals surface area contributed by atoms with Gasteiger partial charge in [0.1, 0.15) is 5.76 Å². The Hall–Kier alpha value is -2.87. The highest BCUT2D eigenvalue weighted by atomic mass is 16.5. The third kappa shape index (κ3) is 4.28. The second-order valence-electron chi connectivity index (χ2n) is 7.03. The minimum Gasteiger partial charge on any atom is -0.374 e. The number of rotatable bonds is 5. The van der Waals surface area contributed by atoms with E-state index in [4.69, 9.17) is 4.52 Å². The summed E-state index contributed by atoms with van der Waals surface area (Å²) in [6.45, 7) is 3.05. The van der Waals surface area contributed by atoms with Crippen LogP contribution in [-0.2, 0) is 16.0 Å². The van der Waals surface area contributed by atoms with Crippen LogP contribution in [0.1, 0.15) is 22.9 Å². The largest absolute Gasteiger partial charge is 0.374 e. The SMILES string of the molecule is Cc1cc(NC(=O)C(=O)NC[C@H](c2ccc3c(c2)CCN3C)N(C)C)no1. The first-order valence-corrected chi connectivity index (χ1v) is 8.88. The van der Waals surface area contributed by atoms with Gasteiger partial charge in [-0.3, -0.25) is 14.9 Å². The summed E-state index contributed by atoms with van der Waals surface area (Å²) >= 11 is 0. The van der Waals surface area contributed by atoms with E-state index in [1.54, 1.807) is 13.0 Å². The molecular formula is C19H25N5O3. The van der Waals surface area contributed by atoms with Crippen molar-refractivity contribution >= 4 is 23.3 Å². The van der Waals surface area contributed by atoms with Crippen molar-refractivity contribution < 1.29 is 14.1 Å². The Balaban J connectivity index is 1.63. The zero-order valence-electron chi connectivity index (χ0n) is 16.1. The van der Waals surface area contributed by atoms with Gasteiger partial charge >= 0.3 is 11.8 Å². The van der Waals surface area contributed by atoms with Crippen LogP contribution in [0.25, 0.3) is 0 Å². The highest BCUT2D eigenvalue weighted by Gasteiger charge is 2.22. The number of benzene rings is 1. The molecule has 144 valence electrons. The number of carbonyl (C=O) groups is 2. The lowest BCUT2D eigenvalue weighted by atomic mass is 10.0. The first kappa shape index (κ1) is 18.9. The highest BCUT2D eigenvalue weighted by molar-refractivity contribution is 6.39. The number of hydrogen-bond acceptors (Lipinski definition) is 6. The van der Waals surface area contributed by atoms with Crippen LogP contribution in [0.4, 0.5) is 11.5 Å². The lowest BCUT2D eigenvalue weighted by Gasteiger charge is -2.25. The summed E-state index contributed by atoms with van der Waals surface area (Å²) in [7, 11) is 5.99. The molecule has 8 nitrogen and oxygen atoms in total. The van der Waals surface area contributed by atoms with Crippen molar-refractivity contribution in [3.8, 4) is 0 Å². The molecule has 27 heavy (non-hydrogen) atoms. The molecule has 3 rings (SSSR count). The molecule has 8 heteroatoms. The van der Waals surface area contributed by atoms with Gasteiger partial charge in [-0.25, -0.2) is 0 Å². The van der Waals surface area contributed by atoms with Gasteiger partial charge in [0, 0.05) is 31.9 Å². The first-order valence-electron chi connectivity index (χ1n) is 8.88. The Kier molecular flexibility index (Phi) is 5.46. The number of fused-ring (bicyclic) bond motifs is 1. The van der Waals surface area contributed by atoms with Crippen LogP contribution in [-0.4, -0.2) is 56.1 Å². The Morgan fingerprint density at radius 1 is 1.30 bits per heavy atom. The van der Waals surface area contributed by atoms with Crippen molar-refractivity contribution in [1.29, 1.82) is 0 Å². The second kappa shape index (κ2) is 7.79. The van der Waals surface area contributed by atoms with Gasteiger partial charge < -0.3 is 19.6 Å². The number of nitrogens with one attached hydrogen (secondary N) is 2. The third-order valence-corrected chi connectivity index (χ3v) is 4.77. The van der Waals surface area contributed by atoms with Crippen molar-refractivity contribution in [2.24, 2.45) is 0 Å². The maximum atomic E-state index is 12.1. The summed E-state index contributed by atoms with van der Waals surface area (Å²) in [6.07, 6.45) is 1.02. The Labute approximate surface area is 158 Å². The van der Waals surface area contributed by atoms with Crippen LogP contribution < -0.4 is 15.5 Å². The van der Waals surface area contributed by atoms with Crippen molar-refractivity contribution in [1.82, 2.24) is 15.4 Å². The molecule has 0 saturated carbocycles. The first-order chi connectivity index (χ1) is 12.8. The fraction of sp³-hybridized carbons (Fsp3) is 0.421. The van der Waals surface area contributed by atoms with E-state index in [1.807, 2.05) is 19.0 Å². The Morgan fingerprint density at radius 2 is 2.07 bits per heavy atom. The quantitative estimate of drug-likeness (QED) is 0.771. The van der Waals surface area contributed by atoms with E-state index in [0.29, 0.717) is 12.3 Å². The fourth-order valence-corrected chi connectivity index (χ4v) is 3.26. The number of aromatic nitrogens is 1. The average Bonchev–Trinajstić information content (AvgIpc) is 3.20. The van der Waals surface area contributed by atoms with Crippen LogP contribution in [0.2, 0.25) is 0 Å². The van der Waals surface area contributed by atoms with E-state index in [1.165, 1.54) is 11.3 Å². The highest BCUT2D eigenvalue weighted by Crippen LogP contribution is 2.30. The number of nitrogens with zero attached hydrogens (tertiary/aromatic N) is 3. The molecule has 0 saturated heterocycles. The summed E-state index contributed by atoms with van der Waals surface area (Å²) in [5.41, 5.74) is 3.68. The summed E-state index contributed by atoms with van der Waals surface area (Å²) in [5.74, 6) is -0.694. The molecule has 2 N–H and O–H groups in total. The van der Waals surface area contributed by atoms with Crippen molar-refractivity contribution in [2.75, 3.05) is 44.4 Å². The molecule has 0 radical (unpaired) electrons. The summed E-state index contributed by atoms with van der Waals surface area (Å²) in [6, 6.07) is 7.90. The van der Waals surface area contributed by atoms with Crippen LogP contribution in [0.3, 0.4) is 0 Å². The van der Waals surface area contributed by atoms with Crippen molar-refractivity contribution in [2.45, 2.75) is 19.4 Å². The molecule has 2 heterocycles. The van der Waals surface area contributed by atoms with Gasteiger partial charge in [0.2, 0.25) is 0 Å². The maximum Gasteiger partial charge on any atom is 0.314 e. The normalized spacial score (nSPS) is 14.2. The number of anilines is 2. The summed E-state index contributed by atoms with van der Waals surface area (Å²) in [4.78, 5) is 28.4. The zero-order valence-corrected chi connectivity index (χ0v) is 16.1. The van der Waals surface area contributed by atoms with Crippen molar-refractivity contribution in [3.05, 3.63) is 41.2 Å². The van der Waals surface area contributed by atoms with Crippen molar-refractivity contribution in [3.63, 3.8) is 0 Å². The van der Waals surface area contributed by atoms with Crippen LogP contribution in [0.5, 0.6) is 0 Å². The number of carbonyl (C=O) groups excluding carboxylic acids is 2. The molecule has 0 aliphatic carbocycles. The van der Waals surface area contributed by atoms with Gasteiger partial charge in [-0.1, -0.05) is 17.3 Å². The molecule has 0 fully saturated rings. The molecule has 0 spiro atoms. The molecule has 2 aromatic rings. The van der Waals surface area contributed by atoms with Gasteiger partial charge in [0.25, 0.3) is 0 Å². The van der Waals surface area contributed by atoms with Crippen LogP contribution in [0.15, 0.2) is 28.8 Å². The molecule has 1 aromatic heterocycles. The van der Waals surface area contributed by atoms with E-state index in [9.17, 15) is 9.59 Å². The van der Waals surface area contributed by atoms with Gasteiger partial charge in [0.05, 0.1) is 6.04 Å². The number of likely N-dealkylation sites (N-methyl/N-ethyl adjacent to an activating group) is 2. The van der Waals surface area contributed by atoms with Crippen LogP contribution in [0, 0.1) is 6.92 Å². The lowest BCUT2D eigenvalue weighted by Crippen LogP contribution is -2.40. The van der Waals surface area contributed by atoms with Crippen LogP contribution >= 0.6 is 0 Å². The van der Waals surface area contributed by atoms with E-state index in [2.05, 4.69) is 45.9 Å². The Morgan fingerprint density at radius 3 is 2.74 bits per heavy atom. The van der Waals surface area contributed by atoms with E-state index < -0.39 is 11.8 Å². The molecule has 2 amide bonds. The fourth-order valence-electron chi connectivity index (χ4n) is 3.26.